The van der Waals surface area contributed by atoms with Gasteiger partial charge in [0.1, 0.15) is 0 Å². The van der Waals surface area contributed by atoms with Gasteiger partial charge in [-0.15, -0.1) is 0 Å². The fraction of sp³-hybridized carbons (Fsp3) is 1.00. The van der Waals surface area contributed by atoms with Crippen molar-refractivity contribution in [1.29, 1.82) is 0 Å². The van der Waals surface area contributed by atoms with Crippen LogP contribution in [0.3, 0.4) is 0 Å². The van der Waals surface area contributed by atoms with Crippen LogP contribution in [0.1, 0.15) is 19.8 Å². The summed E-state index contributed by atoms with van der Waals surface area (Å²) < 4.78 is 24.1. The van der Waals surface area contributed by atoms with Crippen LogP contribution in [0.15, 0.2) is 0 Å². The Labute approximate surface area is 77.5 Å². The Morgan fingerprint density at radius 3 is 2.77 bits per heavy atom. The number of aliphatic hydroxyl groups is 1. The lowest BCUT2D eigenvalue weighted by Crippen LogP contribution is -2.45. The van der Waals surface area contributed by atoms with Crippen molar-refractivity contribution >= 4 is 0 Å². The maximum absolute atomic E-state index is 12.1. The smallest absolute Gasteiger partial charge is 0.251 e. The number of halogens is 2. The molecule has 0 aromatic heterocycles. The van der Waals surface area contributed by atoms with Gasteiger partial charge in [0, 0.05) is 18.6 Å². The highest BCUT2D eigenvalue weighted by atomic mass is 19.3. The van der Waals surface area contributed by atoms with Crippen molar-refractivity contribution in [2.75, 3.05) is 26.2 Å². The molecule has 0 amide bonds. The van der Waals surface area contributed by atoms with Crippen LogP contribution in [0.4, 0.5) is 8.78 Å². The number of aliphatic hydroxyl groups excluding tert-OH is 1. The molecule has 1 aliphatic rings. The molecule has 1 fully saturated rings. The Morgan fingerprint density at radius 2 is 2.23 bits per heavy atom. The summed E-state index contributed by atoms with van der Waals surface area (Å²) in [6.45, 7) is 3.21. The van der Waals surface area contributed by atoms with Crippen molar-refractivity contribution in [3.05, 3.63) is 0 Å². The first-order valence-corrected chi connectivity index (χ1v) is 4.67. The van der Waals surface area contributed by atoms with Crippen LogP contribution in [0.5, 0.6) is 0 Å². The van der Waals surface area contributed by atoms with E-state index in [-0.39, 0.29) is 18.6 Å². The van der Waals surface area contributed by atoms with Gasteiger partial charge in [-0.05, 0) is 19.4 Å². The molecule has 1 saturated heterocycles. The molecule has 1 atom stereocenters. The maximum atomic E-state index is 12.1. The predicted octanol–water partition coefficient (Wildman–Crippen LogP) is 1.35. The molecule has 1 aliphatic heterocycles. The van der Waals surface area contributed by atoms with Crippen LogP contribution in [0.25, 0.3) is 0 Å². The van der Waals surface area contributed by atoms with Gasteiger partial charge in [-0.25, -0.2) is 8.78 Å². The second-order valence-electron chi connectivity index (χ2n) is 4.20. The van der Waals surface area contributed by atoms with Gasteiger partial charge in [0.25, 0.3) is 6.43 Å². The molecule has 0 saturated carbocycles. The lowest BCUT2D eigenvalue weighted by Gasteiger charge is -2.39. The minimum Gasteiger partial charge on any atom is -0.396 e. The van der Waals surface area contributed by atoms with Gasteiger partial charge >= 0.3 is 0 Å². The average molecular weight is 193 g/mol. The molecular formula is C9H17F2NO. The van der Waals surface area contributed by atoms with E-state index in [2.05, 4.69) is 0 Å². The lowest BCUT2D eigenvalue weighted by atomic mass is 9.83. The molecule has 0 radical (unpaired) electrons. The summed E-state index contributed by atoms with van der Waals surface area (Å²) in [6.07, 6.45) is -0.423. The van der Waals surface area contributed by atoms with E-state index < -0.39 is 6.43 Å². The Balaban J connectivity index is 2.42. The van der Waals surface area contributed by atoms with Crippen molar-refractivity contribution in [2.24, 2.45) is 5.41 Å². The number of hydrogen-bond acceptors (Lipinski definition) is 2. The summed E-state index contributed by atoms with van der Waals surface area (Å²) in [4.78, 5) is 1.74. The molecule has 1 N–H and O–H groups in total. The Kier molecular flexibility index (Phi) is 3.62. The molecule has 1 rings (SSSR count). The number of nitrogens with zero attached hydrogens (tertiary/aromatic N) is 1. The van der Waals surface area contributed by atoms with E-state index in [9.17, 15) is 8.78 Å². The van der Waals surface area contributed by atoms with Gasteiger partial charge in [0.2, 0.25) is 0 Å². The number of rotatable bonds is 3. The molecule has 0 aromatic carbocycles. The molecule has 13 heavy (non-hydrogen) atoms. The Bertz CT molecular complexity index is 166. The summed E-state index contributed by atoms with van der Waals surface area (Å²) in [6, 6.07) is 0. The highest BCUT2D eigenvalue weighted by Gasteiger charge is 2.31. The third-order valence-electron chi connectivity index (χ3n) is 2.64. The van der Waals surface area contributed by atoms with Gasteiger partial charge in [0.05, 0.1) is 6.54 Å². The van der Waals surface area contributed by atoms with Gasteiger partial charge in [-0.1, -0.05) is 6.92 Å². The molecule has 1 unspecified atom stereocenters. The SMILES string of the molecule is CC1(CO)CCCN(CC(F)F)C1. The summed E-state index contributed by atoms with van der Waals surface area (Å²) in [7, 11) is 0. The minimum atomic E-state index is -2.26. The van der Waals surface area contributed by atoms with Crippen molar-refractivity contribution < 1.29 is 13.9 Å². The monoisotopic (exact) mass is 193 g/mol. The quantitative estimate of drug-likeness (QED) is 0.731. The van der Waals surface area contributed by atoms with Crippen LogP contribution in [0.2, 0.25) is 0 Å². The molecule has 0 aliphatic carbocycles. The van der Waals surface area contributed by atoms with E-state index in [0.29, 0.717) is 6.54 Å². The van der Waals surface area contributed by atoms with Crippen molar-refractivity contribution in [3.8, 4) is 0 Å². The number of likely N-dealkylation sites (tertiary alicyclic amines) is 1. The zero-order valence-electron chi connectivity index (χ0n) is 7.97. The van der Waals surface area contributed by atoms with E-state index in [0.717, 1.165) is 19.4 Å². The van der Waals surface area contributed by atoms with Crippen molar-refractivity contribution in [2.45, 2.75) is 26.2 Å². The molecule has 78 valence electrons. The molecule has 0 spiro atoms. The van der Waals surface area contributed by atoms with Gasteiger partial charge in [-0.2, -0.15) is 0 Å². The third kappa shape index (κ3) is 3.19. The van der Waals surface area contributed by atoms with E-state index in [1.165, 1.54) is 0 Å². The standard InChI is InChI=1S/C9H17F2NO/c1-9(7-13)3-2-4-12(6-9)5-8(10)11/h8,13H,2-7H2,1H3. The number of hydrogen-bond donors (Lipinski definition) is 1. The number of alkyl halides is 2. The normalized spacial score (nSPS) is 31.2. The van der Waals surface area contributed by atoms with E-state index >= 15 is 0 Å². The summed E-state index contributed by atoms with van der Waals surface area (Å²) in [5.41, 5.74) is -0.173. The maximum Gasteiger partial charge on any atom is 0.251 e. The lowest BCUT2D eigenvalue weighted by molar-refractivity contribution is 0.0127. The first-order valence-electron chi connectivity index (χ1n) is 4.67. The Hall–Kier alpha value is -0.220. The summed E-state index contributed by atoms with van der Waals surface area (Å²) >= 11 is 0. The molecule has 1 heterocycles. The third-order valence-corrected chi connectivity index (χ3v) is 2.64. The van der Waals surface area contributed by atoms with Crippen LogP contribution >= 0.6 is 0 Å². The fourth-order valence-corrected chi connectivity index (χ4v) is 1.91. The van der Waals surface area contributed by atoms with Crippen molar-refractivity contribution in [1.82, 2.24) is 4.90 Å². The zero-order chi connectivity index (χ0) is 9.90. The molecule has 0 aromatic rings. The van der Waals surface area contributed by atoms with Crippen LogP contribution in [0, 0.1) is 5.41 Å². The first-order chi connectivity index (χ1) is 6.06. The largest absolute Gasteiger partial charge is 0.396 e. The fourth-order valence-electron chi connectivity index (χ4n) is 1.91. The molecule has 2 nitrogen and oxygen atoms in total. The Morgan fingerprint density at radius 1 is 1.54 bits per heavy atom. The average Bonchev–Trinajstić information content (AvgIpc) is 2.03. The van der Waals surface area contributed by atoms with E-state index in [1.807, 2.05) is 6.92 Å². The summed E-state index contributed by atoms with van der Waals surface area (Å²) in [5.74, 6) is 0. The first kappa shape index (κ1) is 10.9. The second-order valence-corrected chi connectivity index (χ2v) is 4.20. The van der Waals surface area contributed by atoms with Crippen LogP contribution in [-0.2, 0) is 0 Å². The minimum absolute atomic E-state index is 0.0900. The van der Waals surface area contributed by atoms with Gasteiger partial charge < -0.3 is 5.11 Å². The zero-order valence-corrected chi connectivity index (χ0v) is 7.97. The molecule has 4 heteroatoms. The van der Waals surface area contributed by atoms with Crippen molar-refractivity contribution in [3.63, 3.8) is 0 Å². The number of piperidine rings is 1. The molecular weight excluding hydrogens is 176 g/mol. The van der Waals surface area contributed by atoms with Gasteiger partial charge in [-0.3, -0.25) is 4.90 Å². The van der Waals surface area contributed by atoms with Gasteiger partial charge in [0.15, 0.2) is 0 Å². The van der Waals surface area contributed by atoms with Crippen LogP contribution in [-0.4, -0.2) is 42.7 Å². The highest BCUT2D eigenvalue weighted by molar-refractivity contribution is 4.82. The highest BCUT2D eigenvalue weighted by Crippen LogP contribution is 2.28. The topological polar surface area (TPSA) is 23.5 Å². The van der Waals surface area contributed by atoms with E-state index in [1.54, 1.807) is 4.90 Å². The molecule has 0 bridgehead atoms. The van der Waals surface area contributed by atoms with E-state index in [4.69, 9.17) is 5.11 Å². The predicted molar refractivity (Wildman–Crippen MR) is 46.9 cm³/mol. The summed E-state index contributed by atoms with van der Waals surface area (Å²) in [5, 5.41) is 9.09. The van der Waals surface area contributed by atoms with Crippen LogP contribution < -0.4 is 0 Å². The second kappa shape index (κ2) is 4.33.